The fraction of sp³-hybridized carbons (Fsp3) is 0.0435. The summed E-state index contributed by atoms with van der Waals surface area (Å²) in [6.45, 7) is 0. The number of anilines is 1. The van der Waals surface area contributed by atoms with Crippen molar-refractivity contribution in [2.45, 2.75) is 6.04 Å². The Morgan fingerprint density at radius 2 is 1.48 bits per heavy atom. The first kappa shape index (κ1) is 19.2. The van der Waals surface area contributed by atoms with E-state index in [0.29, 0.717) is 26.9 Å². The van der Waals surface area contributed by atoms with Crippen LogP contribution in [0.5, 0.6) is 0 Å². The molecule has 0 radical (unpaired) electrons. The third kappa shape index (κ3) is 3.53. The number of nitrogens with zero attached hydrogens (tertiary/aromatic N) is 1. The average Bonchev–Trinajstić information content (AvgIpc) is 2.99. The standard InChI is InChI=1S/C23H15Cl2NO3/c24-16-9-4-8-15(12-16)21(27)19-20(14-6-2-1-3-7-14)26(23(29)22(19)28)18-11-5-10-17(25)13-18/h1-13,20,27H/b21-19+. The van der Waals surface area contributed by atoms with Crippen LogP contribution < -0.4 is 4.90 Å². The van der Waals surface area contributed by atoms with Gasteiger partial charge in [0.2, 0.25) is 0 Å². The number of halogens is 2. The molecule has 1 atom stereocenters. The zero-order chi connectivity index (χ0) is 20.5. The van der Waals surface area contributed by atoms with Gasteiger partial charge < -0.3 is 5.11 Å². The molecule has 1 aliphatic heterocycles. The number of hydrogen-bond donors (Lipinski definition) is 1. The Hall–Kier alpha value is -3.08. The number of aliphatic hydroxyl groups is 1. The molecule has 4 nitrogen and oxygen atoms in total. The molecule has 1 aliphatic rings. The van der Waals surface area contributed by atoms with Crippen LogP contribution in [0.25, 0.3) is 5.76 Å². The highest BCUT2D eigenvalue weighted by atomic mass is 35.5. The van der Waals surface area contributed by atoms with E-state index in [-0.39, 0.29) is 11.3 Å². The Morgan fingerprint density at radius 1 is 0.828 bits per heavy atom. The first-order chi connectivity index (χ1) is 14.0. The van der Waals surface area contributed by atoms with Gasteiger partial charge in [-0.15, -0.1) is 0 Å². The number of carbonyl (C=O) groups is 2. The Morgan fingerprint density at radius 3 is 2.14 bits per heavy atom. The molecule has 1 saturated heterocycles. The third-order valence-electron chi connectivity index (χ3n) is 4.74. The lowest BCUT2D eigenvalue weighted by atomic mass is 9.95. The van der Waals surface area contributed by atoms with Crippen LogP contribution in [0.1, 0.15) is 17.2 Å². The molecular weight excluding hydrogens is 409 g/mol. The summed E-state index contributed by atoms with van der Waals surface area (Å²) in [5, 5.41) is 11.8. The first-order valence-corrected chi connectivity index (χ1v) is 9.60. The number of benzene rings is 3. The van der Waals surface area contributed by atoms with E-state index in [2.05, 4.69) is 0 Å². The largest absolute Gasteiger partial charge is 0.507 e. The van der Waals surface area contributed by atoms with E-state index in [9.17, 15) is 14.7 Å². The normalized spacial score (nSPS) is 18.3. The number of ketones is 1. The van der Waals surface area contributed by atoms with Crippen LogP contribution in [0.4, 0.5) is 5.69 Å². The quantitative estimate of drug-likeness (QED) is 0.337. The number of carbonyl (C=O) groups excluding carboxylic acids is 2. The number of Topliss-reactive ketones (excluding diaryl/α,β-unsaturated/α-hetero) is 1. The molecule has 1 amide bonds. The predicted molar refractivity (Wildman–Crippen MR) is 114 cm³/mol. The van der Waals surface area contributed by atoms with Gasteiger partial charge in [0.05, 0.1) is 11.6 Å². The summed E-state index contributed by atoms with van der Waals surface area (Å²) in [7, 11) is 0. The van der Waals surface area contributed by atoms with E-state index in [0.717, 1.165) is 0 Å². The van der Waals surface area contributed by atoms with Crippen LogP contribution in [0.2, 0.25) is 10.0 Å². The van der Waals surface area contributed by atoms with Gasteiger partial charge in [-0.25, -0.2) is 0 Å². The summed E-state index contributed by atoms with van der Waals surface area (Å²) in [5.41, 5.74) is 1.53. The van der Waals surface area contributed by atoms with Gasteiger partial charge in [0.15, 0.2) is 0 Å². The van der Waals surface area contributed by atoms with Crippen molar-refractivity contribution in [3.05, 3.63) is 106 Å². The van der Waals surface area contributed by atoms with Crippen molar-refractivity contribution >= 4 is 46.3 Å². The molecule has 3 aromatic rings. The molecule has 0 spiro atoms. The summed E-state index contributed by atoms with van der Waals surface area (Å²) in [6, 6.07) is 21.5. The summed E-state index contributed by atoms with van der Waals surface area (Å²) >= 11 is 12.2. The average molecular weight is 424 g/mol. The van der Waals surface area contributed by atoms with Gasteiger partial charge in [-0.2, -0.15) is 0 Å². The van der Waals surface area contributed by atoms with Crippen LogP contribution in [0, 0.1) is 0 Å². The Labute approximate surface area is 177 Å². The zero-order valence-corrected chi connectivity index (χ0v) is 16.6. The molecule has 0 saturated carbocycles. The van der Waals surface area contributed by atoms with Crippen molar-refractivity contribution in [1.82, 2.24) is 0 Å². The molecular formula is C23H15Cl2NO3. The van der Waals surface area contributed by atoms with E-state index >= 15 is 0 Å². The molecule has 29 heavy (non-hydrogen) atoms. The molecule has 144 valence electrons. The fourth-order valence-electron chi connectivity index (χ4n) is 3.47. The van der Waals surface area contributed by atoms with E-state index in [1.54, 1.807) is 60.7 Å². The second kappa shape index (κ2) is 7.74. The highest BCUT2D eigenvalue weighted by molar-refractivity contribution is 6.51. The van der Waals surface area contributed by atoms with Crippen molar-refractivity contribution < 1.29 is 14.7 Å². The second-order valence-corrected chi connectivity index (χ2v) is 7.44. The molecule has 1 heterocycles. The minimum atomic E-state index is -0.798. The number of hydrogen-bond acceptors (Lipinski definition) is 3. The van der Waals surface area contributed by atoms with Crippen LogP contribution in [0.15, 0.2) is 84.4 Å². The van der Waals surface area contributed by atoms with Crippen molar-refractivity contribution in [2.24, 2.45) is 0 Å². The van der Waals surface area contributed by atoms with Crippen molar-refractivity contribution in [1.29, 1.82) is 0 Å². The topological polar surface area (TPSA) is 57.6 Å². The number of aliphatic hydroxyl groups excluding tert-OH is 1. The van der Waals surface area contributed by atoms with Crippen LogP contribution in [-0.2, 0) is 9.59 Å². The predicted octanol–water partition coefficient (Wildman–Crippen LogP) is 5.62. The minimum absolute atomic E-state index is 0.00319. The summed E-state index contributed by atoms with van der Waals surface area (Å²) in [4.78, 5) is 27.3. The zero-order valence-electron chi connectivity index (χ0n) is 15.0. The maximum Gasteiger partial charge on any atom is 0.300 e. The van der Waals surface area contributed by atoms with Gasteiger partial charge in [0.1, 0.15) is 5.76 Å². The van der Waals surface area contributed by atoms with Crippen molar-refractivity contribution in [3.8, 4) is 0 Å². The summed E-state index contributed by atoms with van der Waals surface area (Å²) in [5.74, 6) is -1.77. The summed E-state index contributed by atoms with van der Waals surface area (Å²) in [6.07, 6.45) is 0. The molecule has 0 aliphatic carbocycles. The Kier molecular flexibility index (Phi) is 5.14. The van der Waals surface area contributed by atoms with Gasteiger partial charge in [0.25, 0.3) is 11.7 Å². The van der Waals surface area contributed by atoms with Gasteiger partial charge >= 0.3 is 0 Å². The highest BCUT2D eigenvalue weighted by Crippen LogP contribution is 2.42. The molecule has 0 aromatic heterocycles. The van der Waals surface area contributed by atoms with E-state index in [1.807, 2.05) is 18.2 Å². The van der Waals surface area contributed by atoms with Gasteiger partial charge in [-0.05, 0) is 35.9 Å². The summed E-state index contributed by atoms with van der Waals surface area (Å²) < 4.78 is 0. The monoisotopic (exact) mass is 423 g/mol. The van der Waals surface area contributed by atoms with Crippen LogP contribution >= 0.6 is 23.2 Å². The highest BCUT2D eigenvalue weighted by Gasteiger charge is 2.46. The van der Waals surface area contributed by atoms with Gasteiger partial charge in [0, 0.05) is 21.3 Å². The van der Waals surface area contributed by atoms with E-state index < -0.39 is 17.7 Å². The molecule has 1 unspecified atom stereocenters. The van der Waals surface area contributed by atoms with Crippen molar-refractivity contribution in [2.75, 3.05) is 4.90 Å². The maximum absolute atomic E-state index is 13.0. The minimum Gasteiger partial charge on any atom is -0.507 e. The van der Waals surface area contributed by atoms with Gasteiger partial charge in [-0.3, -0.25) is 14.5 Å². The second-order valence-electron chi connectivity index (χ2n) is 6.57. The fourth-order valence-corrected chi connectivity index (χ4v) is 3.84. The SMILES string of the molecule is O=C1C(=O)N(c2cccc(Cl)c2)C(c2ccccc2)/C1=C(\O)c1cccc(Cl)c1. The maximum atomic E-state index is 13.0. The lowest BCUT2D eigenvalue weighted by Crippen LogP contribution is -2.29. The van der Waals surface area contributed by atoms with E-state index in [1.165, 1.54) is 4.90 Å². The third-order valence-corrected chi connectivity index (χ3v) is 5.21. The van der Waals surface area contributed by atoms with Crippen LogP contribution in [-0.4, -0.2) is 16.8 Å². The van der Waals surface area contributed by atoms with Crippen molar-refractivity contribution in [3.63, 3.8) is 0 Å². The van der Waals surface area contributed by atoms with Crippen LogP contribution in [0.3, 0.4) is 0 Å². The smallest absolute Gasteiger partial charge is 0.300 e. The number of rotatable bonds is 3. The Balaban J connectivity index is 1.96. The number of amides is 1. The molecule has 6 heteroatoms. The first-order valence-electron chi connectivity index (χ1n) is 8.85. The lowest BCUT2D eigenvalue weighted by molar-refractivity contribution is -0.132. The molecule has 3 aromatic carbocycles. The molecule has 4 rings (SSSR count). The van der Waals surface area contributed by atoms with Gasteiger partial charge in [-0.1, -0.05) is 71.7 Å². The molecule has 0 bridgehead atoms. The lowest BCUT2D eigenvalue weighted by Gasteiger charge is -2.25. The Bertz CT molecular complexity index is 1140. The molecule has 1 N–H and O–H groups in total. The molecule has 1 fully saturated rings. The van der Waals surface area contributed by atoms with E-state index in [4.69, 9.17) is 23.2 Å².